The van der Waals surface area contributed by atoms with Crippen LogP contribution in [0.25, 0.3) is 16.9 Å². The van der Waals surface area contributed by atoms with E-state index in [0.29, 0.717) is 5.69 Å². The Morgan fingerprint density at radius 1 is 1.11 bits per heavy atom. The lowest BCUT2D eigenvalue weighted by Gasteiger charge is -2.32. The Labute approximate surface area is 163 Å². The number of benzene rings is 1. The first-order chi connectivity index (χ1) is 13.5. The standard InChI is InChI=1S/C20H24N6O2/c1-14-17(13-21-20(22-14)25-10-8-24(2)9-11-25)18-12-19(27)26(23-18)15-4-6-16(28-3)7-5-15/h4-7,12-13,23H,8-11H2,1-3H3. The number of anilines is 1. The second kappa shape index (κ2) is 7.47. The van der Waals surface area contributed by atoms with Crippen LogP contribution >= 0.6 is 0 Å². The SMILES string of the molecule is COc1ccc(-n2[nH]c(-c3cnc(N4CCN(C)CC4)nc3C)cc2=O)cc1. The number of piperazine rings is 1. The maximum Gasteiger partial charge on any atom is 0.271 e. The Bertz CT molecular complexity index is 1020. The summed E-state index contributed by atoms with van der Waals surface area (Å²) in [6.45, 7) is 5.78. The van der Waals surface area contributed by atoms with Gasteiger partial charge in [-0.15, -0.1) is 0 Å². The van der Waals surface area contributed by atoms with Crippen LogP contribution in [0.3, 0.4) is 0 Å². The van der Waals surface area contributed by atoms with E-state index in [4.69, 9.17) is 4.74 Å². The quantitative estimate of drug-likeness (QED) is 0.742. The summed E-state index contributed by atoms with van der Waals surface area (Å²) >= 11 is 0. The molecule has 0 spiro atoms. The summed E-state index contributed by atoms with van der Waals surface area (Å²) in [5, 5.41) is 3.16. The van der Waals surface area contributed by atoms with Gasteiger partial charge in [0.25, 0.3) is 5.56 Å². The van der Waals surface area contributed by atoms with Gasteiger partial charge in [-0.2, -0.15) is 0 Å². The maximum absolute atomic E-state index is 12.5. The molecule has 0 amide bonds. The summed E-state index contributed by atoms with van der Waals surface area (Å²) in [5.41, 5.74) is 2.96. The highest BCUT2D eigenvalue weighted by molar-refractivity contribution is 5.61. The number of nitrogens with zero attached hydrogens (tertiary/aromatic N) is 5. The number of H-pyrrole nitrogens is 1. The van der Waals surface area contributed by atoms with Crippen molar-refractivity contribution in [1.29, 1.82) is 0 Å². The number of aromatic nitrogens is 4. The molecule has 1 fully saturated rings. The minimum absolute atomic E-state index is 0.136. The Balaban J connectivity index is 1.61. The van der Waals surface area contributed by atoms with Gasteiger partial charge in [0.15, 0.2) is 0 Å². The summed E-state index contributed by atoms with van der Waals surface area (Å²) in [6.07, 6.45) is 1.79. The van der Waals surface area contributed by atoms with E-state index in [2.05, 4.69) is 31.9 Å². The summed E-state index contributed by atoms with van der Waals surface area (Å²) in [5.74, 6) is 1.48. The molecule has 0 saturated carbocycles. The molecule has 2 aromatic heterocycles. The van der Waals surface area contributed by atoms with Crippen molar-refractivity contribution in [3.63, 3.8) is 0 Å². The molecule has 3 aromatic rings. The number of methoxy groups -OCH3 is 1. The first kappa shape index (κ1) is 18.2. The molecule has 8 heteroatoms. The first-order valence-corrected chi connectivity index (χ1v) is 9.29. The van der Waals surface area contributed by atoms with Crippen LogP contribution in [0.15, 0.2) is 41.3 Å². The third-order valence-corrected chi connectivity index (χ3v) is 5.09. The van der Waals surface area contributed by atoms with Crippen molar-refractivity contribution >= 4 is 5.95 Å². The van der Waals surface area contributed by atoms with Crippen LogP contribution in [0, 0.1) is 6.92 Å². The molecule has 1 aromatic carbocycles. The molecule has 28 heavy (non-hydrogen) atoms. The van der Waals surface area contributed by atoms with Crippen LogP contribution in [0.2, 0.25) is 0 Å². The lowest BCUT2D eigenvalue weighted by Crippen LogP contribution is -2.45. The molecule has 0 aliphatic carbocycles. The maximum atomic E-state index is 12.5. The van der Waals surface area contributed by atoms with E-state index in [0.717, 1.165) is 54.8 Å². The first-order valence-electron chi connectivity index (χ1n) is 9.29. The topological polar surface area (TPSA) is 79.3 Å². The Kier molecular flexibility index (Phi) is 4.87. The number of aryl methyl sites for hydroxylation is 1. The van der Waals surface area contributed by atoms with Crippen LogP contribution in [0.4, 0.5) is 5.95 Å². The summed E-state index contributed by atoms with van der Waals surface area (Å²) in [4.78, 5) is 26.2. The van der Waals surface area contributed by atoms with E-state index in [9.17, 15) is 4.79 Å². The molecule has 0 bridgehead atoms. The van der Waals surface area contributed by atoms with Crippen molar-refractivity contribution in [1.82, 2.24) is 24.6 Å². The zero-order chi connectivity index (χ0) is 19.7. The molecule has 8 nitrogen and oxygen atoms in total. The van der Waals surface area contributed by atoms with Crippen LogP contribution in [0.1, 0.15) is 5.69 Å². The van der Waals surface area contributed by atoms with Gasteiger partial charge >= 0.3 is 0 Å². The fourth-order valence-corrected chi connectivity index (χ4v) is 3.33. The van der Waals surface area contributed by atoms with Crippen LogP contribution in [-0.2, 0) is 0 Å². The molecule has 3 heterocycles. The highest BCUT2D eigenvalue weighted by Crippen LogP contribution is 2.22. The van der Waals surface area contributed by atoms with E-state index in [-0.39, 0.29) is 5.56 Å². The van der Waals surface area contributed by atoms with Crippen LogP contribution in [-0.4, -0.2) is 65.0 Å². The van der Waals surface area contributed by atoms with Gasteiger partial charge in [-0.25, -0.2) is 14.6 Å². The van der Waals surface area contributed by atoms with Gasteiger partial charge in [-0.3, -0.25) is 9.89 Å². The van der Waals surface area contributed by atoms with Crippen LogP contribution < -0.4 is 15.2 Å². The smallest absolute Gasteiger partial charge is 0.271 e. The van der Waals surface area contributed by atoms with E-state index < -0.39 is 0 Å². The summed E-state index contributed by atoms with van der Waals surface area (Å²) in [7, 11) is 3.73. The fraction of sp³-hybridized carbons (Fsp3) is 0.350. The third-order valence-electron chi connectivity index (χ3n) is 5.09. The van der Waals surface area contributed by atoms with Gasteiger partial charge in [-0.05, 0) is 38.2 Å². The molecule has 0 atom stereocenters. The number of aromatic amines is 1. The average molecular weight is 380 g/mol. The van der Waals surface area contributed by atoms with Gasteiger partial charge < -0.3 is 14.5 Å². The van der Waals surface area contributed by atoms with E-state index >= 15 is 0 Å². The normalized spacial score (nSPS) is 15.0. The van der Waals surface area contributed by atoms with E-state index in [1.807, 2.05) is 31.2 Å². The van der Waals surface area contributed by atoms with Crippen molar-refractivity contribution in [3.8, 4) is 22.7 Å². The number of likely N-dealkylation sites (N-methyl/N-ethyl adjacent to an activating group) is 1. The predicted octanol–water partition coefficient (Wildman–Crippen LogP) is 1.69. The van der Waals surface area contributed by atoms with Crippen molar-refractivity contribution in [2.75, 3.05) is 45.2 Å². The highest BCUT2D eigenvalue weighted by atomic mass is 16.5. The predicted molar refractivity (Wildman–Crippen MR) is 108 cm³/mol. The molecule has 4 rings (SSSR count). The Morgan fingerprint density at radius 3 is 2.46 bits per heavy atom. The number of hydrogen-bond donors (Lipinski definition) is 1. The molecule has 146 valence electrons. The third kappa shape index (κ3) is 3.50. The van der Waals surface area contributed by atoms with Gasteiger partial charge in [0, 0.05) is 44.0 Å². The zero-order valence-electron chi connectivity index (χ0n) is 16.3. The number of rotatable bonds is 4. The average Bonchev–Trinajstić information content (AvgIpc) is 3.10. The zero-order valence-corrected chi connectivity index (χ0v) is 16.3. The summed E-state index contributed by atoms with van der Waals surface area (Å²) in [6, 6.07) is 8.88. The van der Waals surface area contributed by atoms with Crippen molar-refractivity contribution in [2.45, 2.75) is 6.92 Å². The molecule has 1 aliphatic heterocycles. The van der Waals surface area contributed by atoms with Crippen molar-refractivity contribution in [3.05, 3.63) is 52.6 Å². The number of ether oxygens (including phenoxy) is 1. The second-order valence-electron chi connectivity index (χ2n) is 7.00. The molecule has 1 N–H and O–H groups in total. The minimum atomic E-state index is -0.136. The fourth-order valence-electron chi connectivity index (χ4n) is 3.33. The molecular weight excluding hydrogens is 356 g/mol. The molecule has 0 radical (unpaired) electrons. The van der Waals surface area contributed by atoms with Crippen molar-refractivity contribution in [2.24, 2.45) is 0 Å². The lowest BCUT2D eigenvalue weighted by atomic mass is 10.2. The molecular formula is C20H24N6O2. The van der Waals surface area contributed by atoms with Crippen LogP contribution in [0.5, 0.6) is 5.75 Å². The lowest BCUT2D eigenvalue weighted by molar-refractivity contribution is 0.311. The monoisotopic (exact) mass is 380 g/mol. The molecule has 1 saturated heterocycles. The molecule has 0 unspecified atom stereocenters. The minimum Gasteiger partial charge on any atom is -0.497 e. The largest absolute Gasteiger partial charge is 0.497 e. The van der Waals surface area contributed by atoms with Gasteiger partial charge in [-0.1, -0.05) is 0 Å². The van der Waals surface area contributed by atoms with E-state index in [1.165, 1.54) is 4.68 Å². The highest BCUT2D eigenvalue weighted by Gasteiger charge is 2.18. The summed E-state index contributed by atoms with van der Waals surface area (Å²) < 4.78 is 6.67. The number of hydrogen-bond acceptors (Lipinski definition) is 6. The Morgan fingerprint density at radius 2 is 1.82 bits per heavy atom. The van der Waals surface area contributed by atoms with E-state index in [1.54, 1.807) is 19.4 Å². The van der Waals surface area contributed by atoms with Crippen molar-refractivity contribution < 1.29 is 4.74 Å². The van der Waals surface area contributed by atoms with Gasteiger partial charge in [0.1, 0.15) is 5.75 Å². The van der Waals surface area contributed by atoms with Gasteiger partial charge in [0.05, 0.1) is 24.2 Å². The van der Waals surface area contributed by atoms with Gasteiger partial charge in [0.2, 0.25) is 5.95 Å². The molecule has 1 aliphatic rings. The second-order valence-corrected chi connectivity index (χ2v) is 7.00. The number of nitrogens with one attached hydrogen (secondary N) is 1. The Hall–Kier alpha value is -3.13.